The summed E-state index contributed by atoms with van der Waals surface area (Å²) in [6.45, 7) is 6.12. The first-order valence-electron chi connectivity index (χ1n) is 8.42. The lowest BCUT2D eigenvalue weighted by Gasteiger charge is -2.18. The molecule has 0 N–H and O–H groups in total. The summed E-state index contributed by atoms with van der Waals surface area (Å²) in [6.07, 6.45) is 1.55. The first-order chi connectivity index (χ1) is 12.5. The van der Waals surface area contributed by atoms with Crippen LogP contribution in [0.2, 0.25) is 0 Å². The van der Waals surface area contributed by atoms with Crippen molar-refractivity contribution in [3.8, 4) is 16.9 Å². The van der Waals surface area contributed by atoms with Crippen molar-refractivity contribution in [3.63, 3.8) is 0 Å². The van der Waals surface area contributed by atoms with Gasteiger partial charge in [0.15, 0.2) is 0 Å². The second kappa shape index (κ2) is 7.29. The Balaban J connectivity index is 2.21. The topological polar surface area (TPSA) is 84.2 Å². The summed E-state index contributed by atoms with van der Waals surface area (Å²) in [7, 11) is 0. The van der Waals surface area contributed by atoms with Gasteiger partial charge < -0.3 is 14.6 Å². The normalized spacial score (nSPS) is 12.3. The highest BCUT2D eigenvalue weighted by Crippen LogP contribution is 2.36. The number of aryl methyl sites for hydroxylation is 1. The zero-order valence-electron chi connectivity index (χ0n) is 14.8. The summed E-state index contributed by atoms with van der Waals surface area (Å²) in [5, 5.41) is 11.8. The van der Waals surface area contributed by atoms with E-state index in [1.165, 1.54) is 17.7 Å². The predicted octanol–water partition coefficient (Wildman–Crippen LogP) is 2.53. The fraction of sp³-hybridized carbons (Fsp3) is 0.316. The van der Waals surface area contributed by atoms with E-state index >= 15 is 0 Å². The van der Waals surface area contributed by atoms with Crippen LogP contribution >= 0.6 is 11.3 Å². The largest absolute Gasteiger partial charge is 0.548 e. The van der Waals surface area contributed by atoms with Gasteiger partial charge in [-0.3, -0.25) is 9.36 Å². The number of hydrogen-bond donors (Lipinski definition) is 0. The molecule has 136 valence electrons. The number of fused-ring (bicyclic) bond motifs is 1. The number of ether oxygens (including phenoxy) is 1. The Morgan fingerprint density at radius 1 is 1.31 bits per heavy atom. The van der Waals surface area contributed by atoms with Crippen LogP contribution in [-0.2, 0) is 4.79 Å². The zero-order chi connectivity index (χ0) is 18.8. The van der Waals surface area contributed by atoms with Gasteiger partial charge in [0.2, 0.25) is 0 Å². The number of carboxylic acids is 1. The van der Waals surface area contributed by atoms with Crippen LogP contribution in [0.5, 0.6) is 5.75 Å². The third-order valence-electron chi connectivity index (χ3n) is 4.26. The first-order valence-corrected chi connectivity index (χ1v) is 9.23. The van der Waals surface area contributed by atoms with Crippen LogP contribution in [0.1, 0.15) is 31.2 Å². The van der Waals surface area contributed by atoms with E-state index in [1.54, 1.807) is 6.92 Å². The molecule has 7 heteroatoms. The van der Waals surface area contributed by atoms with E-state index in [0.29, 0.717) is 16.8 Å². The smallest absolute Gasteiger partial charge is 0.263 e. The Hall–Kier alpha value is -2.67. The van der Waals surface area contributed by atoms with Crippen LogP contribution in [0.4, 0.5) is 0 Å². The summed E-state index contributed by atoms with van der Waals surface area (Å²) in [5.41, 5.74) is 1.29. The van der Waals surface area contributed by atoms with Gasteiger partial charge in [0.05, 0.1) is 30.3 Å². The van der Waals surface area contributed by atoms with Gasteiger partial charge in [-0.25, -0.2) is 4.98 Å². The van der Waals surface area contributed by atoms with E-state index < -0.39 is 12.0 Å². The van der Waals surface area contributed by atoms with E-state index in [2.05, 4.69) is 4.98 Å². The molecule has 0 saturated heterocycles. The molecule has 2 heterocycles. The number of rotatable bonds is 6. The molecule has 0 radical (unpaired) electrons. The van der Waals surface area contributed by atoms with Gasteiger partial charge in [-0.2, -0.15) is 0 Å². The number of carbonyl (C=O) groups excluding carboxylic acids is 1. The van der Waals surface area contributed by atoms with Crippen LogP contribution in [0.3, 0.4) is 0 Å². The SMILES string of the molecule is CCOc1ccc(-c2c(C)sc3ncn(C(CC)C(=O)[O-])c(=O)c23)cc1. The molecule has 0 bridgehead atoms. The Labute approximate surface area is 154 Å². The van der Waals surface area contributed by atoms with Crippen molar-refractivity contribution in [1.29, 1.82) is 0 Å². The number of aliphatic carboxylic acids is 1. The molecule has 3 rings (SSSR count). The van der Waals surface area contributed by atoms with Gasteiger partial charge >= 0.3 is 0 Å². The Morgan fingerprint density at radius 2 is 2.00 bits per heavy atom. The standard InChI is InChI=1S/C19H20N2O4S/c1-4-14(19(23)24)21-10-20-17-16(18(21)22)15(11(3)26-17)12-6-8-13(9-7-12)25-5-2/h6-10,14H,4-5H2,1-3H3,(H,23,24)/p-1. The second-order valence-electron chi connectivity index (χ2n) is 5.87. The fourth-order valence-electron chi connectivity index (χ4n) is 3.05. The van der Waals surface area contributed by atoms with Crippen LogP contribution in [-0.4, -0.2) is 22.1 Å². The van der Waals surface area contributed by atoms with E-state index in [4.69, 9.17) is 4.74 Å². The maximum absolute atomic E-state index is 13.0. The zero-order valence-corrected chi connectivity index (χ0v) is 15.6. The molecule has 1 atom stereocenters. The average molecular weight is 371 g/mol. The lowest BCUT2D eigenvalue weighted by atomic mass is 10.0. The molecule has 0 spiro atoms. The fourth-order valence-corrected chi connectivity index (χ4v) is 4.05. The number of aromatic nitrogens is 2. The average Bonchev–Trinajstić information content (AvgIpc) is 2.95. The van der Waals surface area contributed by atoms with Gasteiger partial charge in [-0.05, 0) is 38.0 Å². The number of carboxylic acid groups (broad SMARTS) is 1. The quantitative estimate of drug-likeness (QED) is 0.665. The summed E-state index contributed by atoms with van der Waals surface area (Å²) >= 11 is 1.42. The molecular formula is C19H19N2O4S-. The van der Waals surface area contributed by atoms with Gasteiger partial charge in [0.25, 0.3) is 5.56 Å². The summed E-state index contributed by atoms with van der Waals surface area (Å²) in [4.78, 5) is 30.3. The van der Waals surface area contributed by atoms with Crippen LogP contribution < -0.4 is 15.4 Å². The lowest BCUT2D eigenvalue weighted by Crippen LogP contribution is -2.37. The van der Waals surface area contributed by atoms with E-state index in [0.717, 1.165) is 26.3 Å². The van der Waals surface area contributed by atoms with Crippen molar-refractivity contribution in [1.82, 2.24) is 9.55 Å². The highest BCUT2D eigenvalue weighted by molar-refractivity contribution is 7.19. The van der Waals surface area contributed by atoms with E-state index in [-0.39, 0.29) is 12.0 Å². The maximum atomic E-state index is 13.0. The summed E-state index contributed by atoms with van der Waals surface area (Å²) in [6, 6.07) is 6.46. The minimum Gasteiger partial charge on any atom is -0.548 e. The van der Waals surface area contributed by atoms with Crippen molar-refractivity contribution in [2.45, 2.75) is 33.2 Å². The molecule has 0 amide bonds. The van der Waals surface area contributed by atoms with Crippen LogP contribution in [0, 0.1) is 6.92 Å². The highest BCUT2D eigenvalue weighted by atomic mass is 32.1. The Kier molecular flexibility index (Phi) is 5.08. The predicted molar refractivity (Wildman–Crippen MR) is 99.6 cm³/mol. The molecular weight excluding hydrogens is 352 g/mol. The van der Waals surface area contributed by atoms with Gasteiger partial charge in [0, 0.05) is 10.4 Å². The van der Waals surface area contributed by atoms with Gasteiger partial charge in [-0.1, -0.05) is 19.1 Å². The number of nitrogens with zero attached hydrogens (tertiary/aromatic N) is 2. The minimum atomic E-state index is -1.29. The monoisotopic (exact) mass is 371 g/mol. The van der Waals surface area contributed by atoms with Crippen LogP contribution in [0.25, 0.3) is 21.3 Å². The minimum absolute atomic E-state index is 0.247. The lowest BCUT2D eigenvalue weighted by molar-refractivity contribution is -0.310. The Bertz CT molecular complexity index is 1000. The molecule has 0 fully saturated rings. The third-order valence-corrected chi connectivity index (χ3v) is 5.28. The number of carbonyl (C=O) groups is 1. The van der Waals surface area contributed by atoms with Crippen molar-refractivity contribution in [2.75, 3.05) is 6.61 Å². The number of thiophene rings is 1. The van der Waals surface area contributed by atoms with Crippen molar-refractivity contribution < 1.29 is 14.6 Å². The van der Waals surface area contributed by atoms with Gasteiger partial charge in [-0.15, -0.1) is 11.3 Å². The number of hydrogen-bond acceptors (Lipinski definition) is 6. The summed E-state index contributed by atoms with van der Waals surface area (Å²) in [5.74, 6) is -0.530. The second-order valence-corrected chi connectivity index (χ2v) is 7.07. The van der Waals surface area contributed by atoms with Crippen molar-refractivity contribution in [3.05, 3.63) is 45.8 Å². The van der Waals surface area contributed by atoms with E-state index in [9.17, 15) is 14.7 Å². The molecule has 0 saturated carbocycles. The summed E-state index contributed by atoms with van der Waals surface area (Å²) < 4.78 is 6.62. The molecule has 1 unspecified atom stereocenters. The van der Waals surface area contributed by atoms with Crippen molar-refractivity contribution in [2.24, 2.45) is 0 Å². The molecule has 0 aliphatic rings. The Morgan fingerprint density at radius 3 is 2.58 bits per heavy atom. The molecule has 26 heavy (non-hydrogen) atoms. The molecule has 3 aromatic rings. The molecule has 0 aliphatic heterocycles. The molecule has 0 aliphatic carbocycles. The molecule has 2 aromatic heterocycles. The maximum Gasteiger partial charge on any atom is 0.263 e. The molecule has 6 nitrogen and oxygen atoms in total. The third kappa shape index (κ3) is 3.10. The highest BCUT2D eigenvalue weighted by Gasteiger charge is 2.20. The van der Waals surface area contributed by atoms with E-state index in [1.807, 2.05) is 38.1 Å². The molecule has 1 aromatic carbocycles. The first kappa shape index (κ1) is 18.1. The van der Waals surface area contributed by atoms with Crippen molar-refractivity contribution >= 4 is 27.5 Å². The van der Waals surface area contributed by atoms with Gasteiger partial charge in [0.1, 0.15) is 10.6 Å². The van der Waals surface area contributed by atoms with Crippen LogP contribution in [0.15, 0.2) is 35.4 Å². The number of benzene rings is 1.